The highest BCUT2D eigenvalue weighted by atomic mass is 19.1. The van der Waals surface area contributed by atoms with E-state index in [-0.39, 0.29) is 17.4 Å². The predicted molar refractivity (Wildman–Crippen MR) is 84.3 cm³/mol. The van der Waals surface area contributed by atoms with Crippen LogP contribution in [0.2, 0.25) is 0 Å². The van der Waals surface area contributed by atoms with Crippen molar-refractivity contribution in [2.45, 2.75) is 19.8 Å². The molecule has 0 saturated carbocycles. The largest absolute Gasteiger partial charge is 0.477 e. The van der Waals surface area contributed by atoms with Crippen LogP contribution in [0.1, 0.15) is 35.8 Å². The molecule has 3 aromatic rings. The Balaban J connectivity index is 2.44. The maximum absolute atomic E-state index is 13.2. The number of benzene rings is 2. The molecule has 1 N–H and O–H groups in total. The van der Waals surface area contributed by atoms with Gasteiger partial charge in [0.1, 0.15) is 11.5 Å². The fourth-order valence-electron chi connectivity index (χ4n) is 2.92. The second-order valence-corrected chi connectivity index (χ2v) is 5.55. The van der Waals surface area contributed by atoms with E-state index in [9.17, 15) is 14.3 Å². The van der Waals surface area contributed by atoms with E-state index in [1.165, 1.54) is 12.1 Å². The molecule has 0 aliphatic rings. The fourth-order valence-corrected chi connectivity index (χ4v) is 2.92. The number of rotatable bonds is 3. The minimum atomic E-state index is -0.982. The molecule has 0 atom stereocenters. The van der Waals surface area contributed by atoms with Crippen molar-refractivity contribution >= 4 is 16.9 Å². The average Bonchev–Trinajstić information content (AvgIpc) is 2.83. The van der Waals surface area contributed by atoms with Gasteiger partial charge < -0.3 is 9.67 Å². The molecule has 3 nitrogen and oxygen atoms in total. The molecular formula is C18H16FNO2. The van der Waals surface area contributed by atoms with Crippen LogP contribution in [-0.2, 0) is 0 Å². The van der Waals surface area contributed by atoms with Crippen LogP contribution in [0.15, 0.2) is 48.5 Å². The van der Waals surface area contributed by atoms with Crippen molar-refractivity contribution in [2.24, 2.45) is 0 Å². The molecule has 0 bridgehead atoms. The van der Waals surface area contributed by atoms with Crippen LogP contribution in [0.5, 0.6) is 0 Å². The molecule has 0 amide bonds. The Labute approximate surface area is 127 Å². The van der Waals surface area contributed by atoms with Gasteiger partial charge >= 0.3 is 5.97 Å². The summed E-state index contributed by atoms with van der Waals surface area (Å²) >= 11 is 0. The van der Waals surface area contributed by atoms with E-state index in [2.05, 4.69) is 0 Å². The van der Waals surface area contributed by atoms with E-state index in [1.54, 1.807) is 16.7 Å². The molecule has 1 aromatic heterocycles. The summed E-state index contributed by atoms with van der Waals surface area (Å²) in [5.74, 6) is -1.26. The van der Waals surface area contributed by atoms with Gasteiger partial charge in [0.15, 0.2) is 0 Å². The summed E-state index contributed by atoms with van der Waals surface area (Å²) in [6.45, 7) is 3.95. The second kappa shape index (κ2) is 5.30. The van der Waals surface area contributed by atoms with Gasteiger partial charge in [-0.3, -0.25) is 0 Å². The molecule has 22 heavy (non-hydrogen) atoms. The van der Waals surface area contributed by atoms with E-state index < -0.39 is 5.97 Å². The van der Waals surface area contributed by atoms with Crippen molar-refractivity contribution in [3.05, 3.63) is 65.6 Å². The fraction of sp³-hybridized carbons (Fsp3) is 0.167. The van der Waals surface area contributed by atoms with Gasteiger partial charge in [-0.05, 0) is 41.8 Å². The number of hydrogen-bond acceptors (Lipinski definition) is 1. The van der Waals surface area contributed by atoms with Crippen molar-refractivity contribution in [3.8, 4) is 5.69 Å². The summed E-state index contributed by atoms with van der Waals surface area (Å²) in [5, 5.41) is 10.6. The first-order chi connectivity index (χ1) is 10.5. The summed E-state index contributed by atoms with van der Waals surface area (Å²) in [5.41, 5.74) is 2.49. The van der Waals surface area contributed by atoms with Gasteiger partial charge in [0, 0.05) is 11.1 Å². The lowest BCUT2D eigenvalue weighted by Gasteiger charge is -2.10. The topological polar surface area (TPSA) is 42.2 Å². The third-order valence-corrected chi connectivity index (χ3v) is 3.78. The summed E-state index contributed by atoms with van der Waals surface area (Å²) in [4.78, 5) is 11.9. The number of halogens is 1. The van der Waals surface area contributed by atoms with Crippen LogP contribution in [0, 0.1) is 5.82 Å². The van der Waals surface area contributed by atoms with Crippen LogP contribution < -0.4 is 0 Å². The van der Waals surface area contributed by atoms with E-state index in [4.69, 9.17) is 0 Å². The van der Waals surface area contributed by atoms with Crippen LogP contribution in [0.25, 0.3) is 16.6 Å². The smallest absolute Gasteiger partial charge is 0.353 e. The third kappa shape index (κ3) is 2.17. The lowest BCUT2D eigenvalue weighted by atomic mass is 9.99. The Kier molecular flexibility index (Phi) is 3.45. The Morgan fingerprint density at radius 2 is 1.73 bits per heavy atom. The van der Waals surface area contributed by atoms with Gasteiger partial charge in [-0.2, -0.15) is 0 Å². The monoisotopic (exact) mass is 297 g/mol. The minimum Gasteiger partial charge on any atom is -0.477 e. The summed E-state index contributed by atoms with van der Waals surface area (Å²) in [6, 6.07) is 13.5. The first-order valence-electron chi connectivity index (χ1n) is 7.13. The van der Waals surface area contributed by atoms with Crippen LogP contribution in [-0.4, -0.2) is 15.6 Å². The van der Waals surface area contributed by atoms with E-state index in [0.717, 1.165) is 16.5 Å². The van der Waals surface area contributed by atoms with E-state index in [1.807, 2.05) is 38.1 Å². The van der Waals surface area contributed by atoms with Crippen molar-refractivity contribution in [3.63, 3.8) is 0 Å². The molecule has 0 fully saturated rings. The molecule has 0 aliphatic heterocycles. The summed E-state index contributed by atoms with van der Waals surface area (Å²) in [6.07, 6.45) is 0. The van der Waals surface area contributed by atoms with E-state index >= 15 is 0 Å². The zero-order chi connectivity index (χ0) is 15.9. The van der Waals surface area contributed by atoms with Crippen molar-refractivity contribution in [2.75, 3.05) is 0 Å². The molecule has 1 heterocycles. The average molecular weight is 297 g/mol. The highest BCUT2D eigenvalue weighted by molar-refractivity contribution is 6.00. The van der Waals surface area contributed by atoms with Gasteiger partial charge in [0.2, 0.25) is 0 Å². The molecule has 2 aromatic carbocycles. The van der Waals surface area contributed by atoms with Crippen molar-refractivity contribution in [1.29, 1.82) is 0 Å². The lowest BCUT2D eigenvalue weighted by molar-refractivity contribution is 0.0687. The molecule has 0 spiro atoms. The Bertz CT molecular complexity index is 847. The summed E-state index contributed by atoms with van der Waals surface area (Å²) < 4.78 is 14.9. The number of carboxylic acid groups (broad SMARTS) is 1. The predicted octanol–water partition coefficient (Wildman–Crippen LogP) is 4.59. The number of fused-ring (bicyclic) bond motifs is 1. The third-order valence-electron chi connectivity index (χ3n) is 3.78. The van der Waals surface area contributed by atoms with Gasteiger partial charge in [-0.15, -0.1) is 0 Å². The van der Waals surface area contributed by atoms with Crippen molar-refractivity contribution < 1.29 is 14.3 Å². The van der Waals surface area contributed by atoms with Gasteiger partial charge in [-0.1, -0.05) is 32.0 Å². The Morgan fingerprint density at radius 1 is 1.09 bits per heavy atom. The number of hydrogen-bond donors (Lipinski definition) is 1. The first-order valence-corrected chi connectivity index (χ1v) is 7.13. The quantitative estimate of drug-likeness (QED) is 0.768. The standard InChI is InChI=1S/C18H16FNO2/c1-11(2)16-14-5-3-4-6-15(14)20(17(16)18(21)22)13-9-7-12(19)8-10-13/h3-11H,1-2H3,(H,21,22). The van der Waals surface area contributed by atoms with Gasteiger partial charge in [0.05, 0.1) is 5.52 Å². The molecule has 0 unspecified atom stereocenters. The Morgan fingerprint density at radius 3 is 2.32 bits per heavy atom. The summed E-state index contributed by atoms with van der Waals surface area (Å²) in [7, 11) is 0. The number of para-hydroxylation sites is 1. The van der Waals surface area contributed by atoms with Crippen molar-refractivity contribution in [1.82, 2.24) is 4.57 Å². The molecule has 112 valence electrons. The molecule has 3 rings (SSSR count). The molecule has 0 saturated heterocycles. The van der Waals surface area contributed by atoms with Gasteiger partial charge in [0.25, 0.3) is 0 Å². The Hall–Kier alpha value is -2.62. The first kappa shape index (κ1) is 14.3. The highest BCUT2D eigenvalue weighted by Crippen LogP contribution is 2.34. The highest BCUT2D eigenvalue weighted by Gasteiger charge is 2.24. The maximum Gasteiger partial charge on any atom is 0.353 e. The number of aromatic nitrogens is 1. The maximum atomic E-state index is 13.2. The van der Waals surface area contributed by atoms with Crippen LogP contribution in [0.4, 0.5) is 4.39 Å². The number of aromatic carboxylic acids is 1. The van der Waals surface area contributed by atoms with Crippen LogP contribution >= 0.6 is 0 Å². The number of carboxylic acids is 1. The lowest BCUT2D eigenvalue weighted by Crippen LogP contribution is -2.09. The second-order valence-electron chi connectivity index (χ2n) is 5.55. The number of carbonyl (C=O) groups is 1. The molecule has 4 heteroatoms. The SMILES string of the molecule is CC(C)c1c(C(=O)O)n(-c2ccc(F)cc2)c2ccccc12. The van der Waals surface area contributed by atoms with E-state index in [0.29, 0.717) is 5.69 Å². The molecular weight excluding hydrogens is 281 g/mol. The number of nitrogens with zero attached hydrogens (tertiary/aromatic N) is 1. The molecule has 0 radical (unpaired) electrons. The normalized spacial score (nSPS) is 11.3. The molecule has 0 aliphatic carbocycles. The zero-order valence-corrected chi connectivity index (χ0v) is 12.4. The minimum absolute atomic E-state index is 0.0673. The zero-order valence-electron chi connectivity index (χ0n) is 12.4. The van der Waals surface area contributed by atoms with Crippen LogP contribution in [0.3, 0.4) is 0 Å². The van der Waals surface area contributed by atoms with Gasteiger partial charge in [-0.25, -0.2) is 9.18 Å².